The number of rotatable bonds is 3. The molecule has 4 nitrogen and oxygen atoms in total. The van der Waals surface area contributed by atoms with Crippen LogP contribution in [0.15, 0.2) is 63.8 Å². The second-order valence-electron chi connectivity index (χ2n) is 4.86. The zero-order chi connectivity index (χ0) is 15.8. The van der Waals surface area contributed by atoms with Gasteiger partial charge in [-0.05, 0) is 36.4 Å². The highest BCUT2D eigenvalue weighted by molar-refractivity contribution is 6.43. The number of benzene rings is 1. The maximum atomic E-state index is 6.30. The van der Waals surface area contributed by atoms with E-state index in [0.717, 1.165) is 5.69 Å². The molecule has 0 aliphatic heterocycles. The molecule has 3 aromatic heterocycles. The van der Waals surface area contributed by atoms with Gasteiger partial charge in [-0.15, -0.1) is 0 Å². The molecule has 0 atom stereocenters. The fraction of sp³-hybridized carbons (Fsp3) is 0. The Morgan fingerprint density at radius 2 is 1.61 bits per heavy atom. The average molecular weight is 345 g/mol. The van der Waals surface area contributed by atoms with Gasteiger partial charge in [0.2, 0.25) is 0 Å². The summed E-state index contributed by atoms with van der Waals surface area (Å²) in [7, 11) is 0. The van der Waals surface area contributed by atoms with E-state index in [4.69, 9.17) is 32.0 Å². The van der Waals surface area contributed by atoms with Gasteiger partial charge in [-0.1, -0.05) is 29.3 Å². The van der Waals surface area contributed by atoms with E-state index >= 15 is 0 Å². The number of aromatic amines is 1. The molecule has 0 unspecified atom stereocenters. The molecule has 114 valence electrons. The molecule has 0 bridgehead atoms. The maximum absolute atomic E-state index is 6.30. The van der Waals surface area contributed by atoms with Crippen molar-refractivity contribution in [2.75, 3.05) is 0 Å². The molecule has 0 aliphatic rings. The highest BCUT2D eigenvalue weighted by Gasteiger charge is 2.20. The van der Waals surface area contributed by atoms with Crippen LogP contribution in [0.4, 0.5) is 0 Å². The summed E-state index contributed by atoms with van der Waals surface area (Å²) in [6.07, 6.45) is 3.20. The Labute approximate surface area is 141 Å². The lowest BCUT2D eigenvalue weighted by Crippen LogP contribution is -1.83. The van der Waals surface area contributed by atoms with E-state index in [2.05, 4.69) is 9.97 Å². The Balaban J connectivity index is 1.93. The van der Waals surface area contributed by atoms with Crippen molar-refractivity contribution in [3.8, 4) is 34.3 Å². The van der Waals surface area contributed by atoms with E-state index in [9.17, 15) is 0 Å². The number of nitrogens with zero attached hydrogens (tertiary/aromatic N) is 1. The molecule has 0 aliphatic carbocycles. The molecular formula is C17H10Cl2N2O2. The van der Waals surface area contributed by atoms with E-state index in [1.807, 2.05) is 36.4 Å². The number of nitrogens with one attached hydrogen (secondary N) is 1. The molecule has 3 heterocycles. The van der Waals surface area contributed by atoms with Gasteiger partial charge in [0.1, 0.15) is 17.2 Å². The summed E-state index contributed by atoms with van der Waals surface area (Å²) in [6, 6.07) is 12.7. The van der Waals surface area contributed by atoms with Gasteiger partial charge < -0.3 is 13.8 Å². The third-order valence-corrected chi connectivity index (χ3v) is 4.25. The molecule has 0 amide bonds. The fourth-order valence-electron chi connectivity index (χ4n) is 2.38. The standard InChI is InChI=1S/C17H10Cl2N2O2/c18-11-5-1-4-10(14(11)19)17-20-15(12-6-2-8-22-12)16(21-17)13-7-3-9-23-13/h1-9H,(H,20,21). The lowest BCUT2D eigenvalue weighted by molar-refractivity contribution is 0.573. The summed E-state index contributed by atoms with van der Waals surface area (Å²) < 4.78 is 11.0. The molecule has 0 saturated carbocycles. The molecular weight excluding hydrogens is 335 g/mol. The summed E-state index contributed by atoms with van der Waals surface area (Å²) in [6.45, 7) is 0. The largest absolute Gasteiger partial charge is 0.463 e. The number of hydrogen-bond acceptors (Lipinski definition) is 3. The van der Waals surface area contributed by atoms with Crippen molar-refractivity contribution in [2.24, 2.45) is 0 Å². The van der Waals surface area contributed by atoms with Crippen LogP contribution in [0.2, 0.25) is 10.0 Å². The summed E-state index contributed by atoms with van der Waals surface area (Å²) in [4.78, 5) is 7.88. The molecule has 0 saturated heterocycles. The Morgan fingerprint density at radius 3 is 2.30 bits per heavy atom. The third-order valence-electron chi connectivity index (χ3n) is 3.43. The minimum atomic E-state index is 0.444. The van der Waals surface area contributed by atoms with Gasteiger partial charge in [-0.2, -0.15) is 0 Å². The number of aromatic nitrogens is 2. The molecule has 6 heteroatoms. The predicted octanol–water partition coefficient (Wildman–Crippen LogP) is 5.90. The molecule has 1 N–H and O–H groups in total. The van der Waals surface area contributed by atoms with E-state index < -0.39 is 0 Å². The number of halogens is 2. The van der Waals surface area contributed by atoms with Gasteiger partial charge in [-0.25, -0.2) is 4.98 Å². The van der Waals surface area contributed by atoms with Crippen LogP contribution in [0.5, 0.6) is 0 Å². The van der Waals surface area contributed by atoms with Crippen molar-refractivity contribution in [3.05, 3.63) is 65.0 Å². The summed E-state index contributed by atoms with van der Waals surface area (Å²) in [5.74, 6) is 1.89. The smallest absolute Gasteiger partial charge is 0.154 e. The van der Waals surface area contributed by atoms with Crippen LogP contribution in [0.25, 0.3) is 34.3 Å². The Bertz CT molecular complexity index is 890. The molecule has 0 fully saturated rings. The number of furan rings is 2. The highest BCUT2D eigenvalue weighted by atomic mass is 35.5. The predicted molar refractivity (Wildman–Crippen MR) is 89.4 cm³/mol. The second kappa shape index (κ2) is 5.65. The van der Waals surface area contributed by atoms with Crippen LogP contribution < -0.4 is 0 Å². The Kier molecular flexibility index (Phi) is 3.48. The van der Waals surface area contributed by atoms with Crippen LogP contribution in [-0.2, 0) is 0 Å². The first kappa shape index (κ1) is 14.2. The van der Waals surface area contributed by atoms with Crippen LogP contribution in [0.3, 0.4) is 0 Å². The summed E-state index contributed by atoms with van der Waals surface area (Å²) in [5.41, 5.74) is 2.08. The molecule has 1 aromatic carbocycles. The minimum Gasteiger partial charge on any atom is -0.463 e. The van der Waals surface area contributed by atoms with Crippen molar-refractivity contribution in [3.63, 3.8) is 0 Å². The lowest BCUT2D eigenvalue weighted by atomic mass is 10.2. The lowest BCUT2D eigenvalue weighted by Gasteiger charge is -2.01. The number of imidazole rings is 1. The first-order valence-electron chi connectivity index (χ1n) is 6.86. The molecule has 0 radical (unpaired) electrons. The van der Waals surface area contributed by atoms with Crippen molar-refractivity contribution in [2.45, 2.75) is 0 Å². The summed E-state index contributed by atoms with van der Waals surface area (Å²) >= 11 is 12.4. The van der Waals surface area contributed by atoms with Crippen LogP contribution in [0.1, 0.15) is 0 Å². The third kappa shape index (κ3) is 2.46. The van der Waals surface area contributed by atoms with Crippen molar-refractivity contribution in [1.82, 2.24) is 9.97 Å². The fourth-order valence-corrected chi connectivity index (χ4v) is 2.77. The number of H-pyrrole nitrogens is 1. The van der Waals surface area contributed by atoms with Gasteiger partial charge in [0, 0.05) is 5.56 Å². The van der Waals surface area contributed by atoms with Gasteiger partial charge in [-0.3, -0.25) is 0 Å². The molecule has 4 rings (SSSR count). The van der Waals surface area contributed by atoms with E-state index in [0.29, 0.717) is 38.6 Å². The van der Waals surface area contributed by atoms with Crippen LogP contribution in [0, 0.1) is 0 Å². The number of hydrogen-bond donors (Lipinski definition) is 1. The Hall–Kier alpha value is -2.43. The van der Waals surface area contributed by atoms with Gasteiger partial charge in [0.25, 0.3) is 0 Å². The Morgan fingerprint density at radius 1 is 0.870 bits per heavy atom. The van der Waals surface area contributed by atoms with E-state index in [-0.39, 0.29) is 0 Å². The molecule has 0 spiro atoms. The molecule has 23 heavy (non-hydrogen) atoms. The van der Waals surface area contributed by atoms with Crippen molar-refractivity contribution < 1.29 is 8.83 Å². The van der Waals surface area contributed by atoms with Crippen molar-refractivity contribution >= 4 is 23.2 Å². The normalized spacial score (nSPS) is 11.0. The average Bonchev–Trinajstić information content (AvgIpc) is 3.30. The highest BCUT2D eigenvalue weighted by Crippen LogP contribution is 2.37. The van der Waals surface area contributed by atoms with Gasteiger partial charge >= 0.3 is 0 Å². The monoisotopic (exact) mass is 344 g/mol. The van der Waals surface area contributed by atoms with Crippen LogP contribution >= 0.6 is 23.2 Å². The SMILES string of the molecule is Clc1cccc(-c2nc(-c3ccco3)c(-c3ccco3)[nH]2)c1Cl. The van der Waals surface area contributed by atoms with E-state index in [1.54, 1.807) is 18.6 Å². The van der Waals surface area contributed by atoms with Crippen LogP contribution in [-0.4, -0.2) is 9.97 Å². The zero-order valence-electron chi connectivity index (χ0n) is 11.7. The van der Waals surface area contributed by atoms with E-state index in [1.165, 1.54) is 0 Å². The van der Waals surface area contributed by atoms with Crippen molar-refractivity contribution in [1.29, 1.82) is 0 Å². The maximum Gasteiger partial charge on any atom is 0.154 e. The first-order valence-corrected chi connectivity index (χ1v) is 7.62. The minimum absolute atomic E-state index is 0.444. The quantitative estimate of drug-likeness (QED) is 0.503. The second-order valence-corrected chi connectivity index (χ2v) is 5.65. The van der Waals surface area contributed by atoms with Gasteiger partial charge in [0.15, 0.2) is 11.5 Å². The molecule has 4 aromatic rings. The topological polar surface area (TPSA) is 55.0 Å². The van der Waals surface area contributed by atoms with Gasteiger partial charge in [0.05, 0.1) is 22.6 Å². The first-order chi connectivity index (χ1) is 11.2. The summed E-state index contributed by atoms with van der Waals surface area (Å²) in [5, 5.41) is 0.916. The zero-order valence-corrected chi connectivity index (χ0v) is 13.2.